The number of nitrogens with zero attached hydrogens (tertiary/aromatic N) is 2. The summed E-state index contributed by atoms with van der Waals surface area (Å²) in [5.41, 5.74) is 0.678. The van der Waals surface area contributed by atoms with Crippen molar-refractivity contribution in [2.75, 3.05) is 38.2 Å². The predicted octanol–water partition coefficient (Wildman–Crippen LogP) is 4.50. The van der Waals surface area contributed by atoms with Crippen LogP contribution in [0, 0.1) is 11.8 Å². The lowest BCUT2D eigenvalue weighted by atomic mass is 9.68. The van der Waals surface area contributed by atoms with E-state index in [-0.39, 0.29) is 22.8 Å². The molecule has 226 valence electrons. The van der Waals surface area contributed by atoms with E-state index in [0.29, 0.717) is 44.8 Å². The van der Waals surface area contributed by atoms with Gasteiger partial charge in [-0.1, -0.05) is 23.7 Å². The summed E-state index contributed by atoms with van der Waals surface area (Å²) in [6.07, 6.45) is 6.09. The number of aliphatic hydroxyl groups excluding tert-OH is 1. The van der Waals surface area contributed by atoms with Crippen LogP contribution < -0.4 is 9.64 Å². The van der Waals surface area contributed by atoms with Gasteiger partial charge in [-0.05, 0) is 104 Å². The van der Waals surface area contributed by atoms with Crippen LogP contribution >= 0.6 is 11.6 Å². The number of carboxylic acids is 1. The van der Waals surface area contributed by atoms with Crippen molar-refractivity contribution < 1.29 is 29.6 Å². The number of halogens is 1. The number of hydrogen-bond acceptors (Lipinski definition) is 6. The molecule has 0 saturated heterocycles. The van der Waals surface area contributed by atoms with Crippen LogP contribution in [-0.4, -0.2) is 71.5 Å². The fourth-order valence-electron chi connectivity index (χ4n) is 7.68. The van der Waals surface area contributed by atoms with Crippen LogP contribution in [0.4, 0.5) is 5.69 Å². The Morgan fingerprint density at radius 1 is 1.10 bits per heavy atom. The van der Waals surface area contributed by atoms with Gasteiger partial charge < -0.3 is 29.9 Å². The first kappa shape index (κ1) is 29.3. The van der Waals surface area contributed by atoms with Crippen molar-refractivity contribution in [3.63, 3.8) is 0 Å². The highest BCUT2D eigenvalue weighted by molar-refractivity contribution is 6.30. The van der Waals surface area contributed by atoms with E-state index in [2.05, 4.69) is 17.0 Å². The van der Waals surface area contributed by atoms with Gasteiger partial charge in [0.1, 0.15) is 5.75 Å². The molecule has 2 aromatic rings. The van der Waals surface area contributed by atoms with E-state index in [1.165, 1.54) is 16.0 Å². The van der Waals surface area contributed by atoms with Crippen molar-refractivity contribution in [2.24, 2.45) is 11.8 Å². The minimum Gasteiger partial charge on any atom is -0.490 e. The van der Waals surface area contributed by atoms with Crippen LogP contribution in [0.3, 0.4) is 0 Å². The van der Waals surface area contributed by atoms with Gasteiger partial charge in [-0.3, -0.25) is 4.79 Å². The molecule has 0 radical (unpaired) electrons. The summed E-state index contributed by atoms with van der Waals surface area (Å²) in [5.74, 6) is -0.785. The summed E-state index contributed by atoms with van der Waals surface area (Å²) in [5, 5.41) is 33.6. The van der Waals surface area contributed by atoms with E-state index in [4.69, 9.17) is 16.3 Å². The second kappa shape index (κ2) is 11.4. The number of anilines is 1. The summed E-state index contributed by atoms with van der Waals surface area (Å²) in [4.78, 5) is 29.4. The largest absolute Gasteiger partial charge is 0.490 e. The van der Waals surface area contributed by atoms with Gasteiger partial charge in [0.2, 0.25) is 5.91 Å². The zero-order valence-corrected chi connectivity index (χ0v) is 25.0. The van der Waals surface area contributed by atoms with Gasteiger partial charge in [0.25, 0.3) is 0 Å². The normalized spacial score (nSPS) is 31.8. The number of aliphatic carboxylic acids is 1. The van der Waals surface area contributed by atoms with Crippen molar-refractivity contribution in [3.05, 3.63) is 58.1 Å². The van der Waals surface area contributed by atoms with Crippen LogP contribution in [0.2, 0.25) is 5.02 Å². The third kappa shape index (κ3) is 5.26. The number of carbonyl (C=O) groups is 2. The van der Waals surface area contributed by atoms with Gasteiger partial charge in [0.15, 0.2) is 5.60 Å². The molecule has 1 amide bonds. The number of amides is 1. The number of aryl methyl sites for hydroxylation is 1. The molecule has 1 fully saturated rings. The van der Waals surface area contributed by atoms with Gasteiger partial charge in [-0.25, -0.2) is 4.79 Å². The minimum absolute atomic E-state index is 0.160. The minimum atomic E-state index is -2.38. The number of rotatable bonds is 1. The Hall–Kier alpha value is -2.81. The molecule has 9 heteroatoms. The smallest absolute Gasteiger partial charge is 0.340 e. The molecule has 0 aromatic heterocycles. The van der Waals surface area contributed by atoms with Crippen molar-refractivity contribution in [3.8, 4) is 5.75 Å². The Morgan fingerprint density at radius 3 is 2.69 bits per heavy atom. The van der Waals surface area contributed by atoms with Crippen LogP contribution in [-0.2, 0) is 27.0 Å². The SMILES string of the molecule is CN1CCCC[C@H](O)[C@@H]2CC[C@H]2CN2C[C@@]3(CCCc4cc(Cl)ccc43)COc3ccc(cc32)[C@](O)(C(=O)O)CC1=O. The van der Waals surface area contributed by atoms with Crippen molar-refractivity contribution in [1.82, 2.24) is 4.90 Å². The zero-order chi connectivity index (χ0) is 29.6. The van der Waals surface area contributed by atoms with E-state index < -0.39 is 30.0 Å². The molecule has 3 N–H and O–H groups in total. The van der Waals surface area contributed by atoms with Gasteiger partial charge in [-0.15, -0.1) is 0 Å². The lowest BCUT2D eigenvalue weighted by Gasteiger charge is -2.46. The second-order valence-electron chi connectivity index (χ2n) is 13.0. The maximum absolute atomic E-state index is 13.1. The number of hydrogen-bond donors (Lipinski definition) is 3. The van der Waals surface area contributed by atoms with Gasteiger partial charge in [-0.2, -0.15) is 0 Å². The van der Waals surface area contributed by atoms with Gasteiger partial charge >= 0.3 is 5.97 Å². The van der Waals surface area contributed by atoms with Crippen LogP contribution in [0.15, 0.2) is 36.4 Å². The molecule has 5 atom stereocenters. The average molecular weight is 597 g/mol. The van der Waals surface area contributed by atoms with Crippen molar-refractivity contribution >= 4 is 29.2 Å². The Morgan fingerprint density at radius 2 is 1.93 bits per heavy atom. The van der Waals surface area contributed by atoms with Crippen molar-refractivity contribution in [1.29, 1.82) is 0 Å². The lowest BCUT2D eigenvalue weighted by molar-refractivity contribution is -0.164. The summed E-state index contributed by atoms with van der Waals surface area (Å²) < 4.78 is 6.53. The van der Waals surface area contributed by atoms with E-state index >= 15 is 0 Å². The molecule has 8 nitrogen and oxygen atoms in total. The van der Waals surface area contributed by atoms with Gasteiger partial charge in [0.05, 0.1) is 24.8 Å². The highest BCUT2D eigenvalue weighted by atomic mass is 35.5. The predicted molar refractivity (Wildman–Crippen MR) is 160 cm³/mol. The summed E-state index contributed by atoms with van der Waals surface area (Å²) in [6, 6.07) is 11.1. The third-order valence-corrected chi connectivity index (χ3v) is 10.6. The third-order valence-electron chi connectivity index (χ3n) is 10.4. The Balaban J connectivity index is 1.45. The maximum Gasteiger partial charge on any atom is 0.340 e. The molecule has 4 aliphatic rings. The van der Waals surface area contributed by atoms with Crippen LogP contribution in [0.5, 0.6) is 5.75 Å². The molecule has 2 aliphatic carbocycles. The zero-order valence-electron chi connectivity index (χ0n) is 24.2. The van der Waals surface area contributed by atoms with E-state index in [1.54, 1.807) is 25.2 Å². The lowest BCUT2D eigenvalue weighted by Crippen LogP contribution is -2.49. The molecule has 42 heavy (non-hydrogen) atoms. The number of aliphatic hydroxyl groups is 2. The molecular formula is C33H41ClN2O6. The van der Waals surface area contributed by atoms with Gasteiger partial charge in [0, 0.05) is 37.1 Å². The van der Waals surface area contributed by atoms with E-state index in [0.717, 1.165) is 49.2 Å². The Kier molecular flexibility index (Phi) is 7.92. The van der Waals surface area contributed by atoms with Crippen molar-refractivity contribution in [2.45, 2.75) is 74.9 Å². The quantitative estimate of drug-likeness (QED) is 0.444. The number of fused-ring (bicyclic) bond motifs is 4. The van der Waals surface area contributed by atoms with Crippen LogP contribution in [0.1, 0.15) is 68.1 Å². The first-order valence-corrected chi connectivity index (χ1v) is 15.7. The van der Waals surface area contributed by atoms with Crippen LogP contribution in [0.25, 0.3) is 0 Å². The highest BCUT2D eigenvalue weighted by Crippen LogP contribution is 2.47. The average Bonchev–Trinajstić information content (AvgIpc) is 3.09. The summed E-state index contributed by atoms with van der Waals surface area (Å²) >= 11 is 6.39. The molecule has 1 saturated carbocycles. The molecule has 2 heterocycles. The molecule has 2 aromatic carbocycles. The summed E-state index contributed by atoms with van der Waals surface area (Å²) in [7, 11) is 1.63. The molecular weight excluding hydrogens is 556 g/mol. The second-order valence-corrected chi connectivity index (χ2v) is 13.4. The Bertz CT molecular complexity index is 1370. The first-order valence-electron chi connectivity index (χ1n) is 15.3. The number of carboxylic acid groups (broad SMARTS) is 1. The highest BCUT2D eigenvalue weighted by Gasteiger charge is 2.46. The van der Waals surface area contributed by atoms with E-state index in [1.807, 2.05) is 6.07 Å². The number of benzene rings is 2. The summed E-state index contributed by atoms with van der Waals surface area (Å²) in [6.45, 7) is 2.26. The molecule has 6 rings (SSSR count). The van der Waals surface area contributed by atoms with E-state index in [9.17, 15) is 24.9 Å². The molecule has 0 unspecified atom stereocenters. The molecule has 2 aliphatic heterocycles. The number of carbonyl (C=O) groups excluding carboxylic acids is 1. The fraction of sp³-hybridized carbons (Fsp3) is 0.576. The number of ether oxygens (including phenoxy) is 1. The first-order chi connectivity index (χ1) is 20.1. The monoisotopic (exact) mass is 596 g/mol. The standard InChI is InChI=1S/C33H41ClN2O6/c1-35-14-3-2-6-28(37)25-10-7-22(25)18-36-19-32(13-4-5-21-15-24(34)9-11-26(21)32)20-42-29-12-8-23(16-27(29)36)33(41,31(39)40)17-30(35)38/h8-9,11-12,15-16,22,25,28,37,41H,2-7,10,13-14,17-20H2,1H3,(H,39,40)/t22-,25+,28-,32-,33-/m0/s1. The molecule has 1 spiro atoms. The molecule has 2 bridgehead atoms. The fourth-order valence-corrected chi connectivity index (χ4v) is 7.87. The Labute approximate surface area is 252 Å². The maximum atomic E-state index is 13.1. The topological polar surface area (TPSA) is 111 Å².